The Morgan fingerprint density at radius 3 is 2.70 bits per heavy atom. The first-order chi connectivity index (χ1) is 11.1. The van der Waals surface area contributed by atoms with Crippen LogP contribution in [-0.2, 0) is 20.9 Å². The average Bonchev–Trinajstić information content (AvgIpc) is 3.23. The highest BCUT2D eigenvalue weighted by Gasteiger charge is 2.34. The minimum Gasteiger partial charge on any atom is -0.479 e. The molecule has 1 fully saturated rings. The van der Waals surface area contributed by atoms with Gasteiger partial charge in [0, 0.05) is 18.3 Å². The molecule has 1 aromatic heterocycles. The smallest absolute Gasteiger partial charge is 0.332 e. The van der Waals surface area contributed by atoms with Crippen LogP contribution in [0.15, 0.2) is 42.7 Å². The summed E-state index contributed by atoms with van der Waals surface area (Å²) in [7, 11) is 0. The summed E-state index contributed by atoms with van der Waals surface area (Å²) in [5, 5.41) is 15.9. The molecule has 2 heterocycles. The van der Waals surface area contributed by atoms with Crippen LogP contribution in [0.4, 0.5) is 0 Å². The molecule has 1 aromatic carbocycles. The van der Waals surface area contributed by atoms with E-state index in [1.165, 1.54) is 0 Å². The second-order valence-electron chi connectivity index (χ2n) is 5.38. The predicted molar refractivity (Wildman–Crippen MR) is 80.9 cm³/mol. The molecule has 0 radical (unpaired) electrons. The predicted octanol–water partition coefficient (Wildman–Crippen LogP) is 1.12. The second-order valence-corrected chi connectivity index (χ2v) is 5.38. The number of benzene rings is 1. The molecule has 0 bridgehead atoms. The van der Waals surface area contributed by atoms with Crippen molar-refractivity contribution in [1.29, 1.82) is 0 Å². The van der Waals surface area contributed by atoms with Crippen LogP contribution in [-0.4, -0.2) is 39.0 Å². The highest BCUT2D eigenvalue weighted by molar-refractivity contribution is 5.82. The summed E-state index contributed by atoms with van der Waals surface area (Å²) in [5.41, 5.74) is 1.79. The van der Waals surface area contributed by atoms with E-state index in [2.05, 4.69) is 10.4 Å². The van der Waals surface area contributed by atoms with Crippen molar-refractivity contribution in [3.8, 4) is 5.69 Å². The number of hydrogen-bond acceptors (Lipinski definition) is 4. The molecule has 0 aliphatic carbocycles. The van der Waals surface area contributed by atoms with E-state index >= 15 is 0 Å². The topological polar surface area (TPSA) is 93.5 Å². The largest absolute Gasteiger partial charge is 0.479 e. The van der Waals surface area contributed by atoms with Crippen LogP contribution >= 0.6 is 0 Å². The van der Waals surface area contributed by atoms with Gasteiger partial charge in [0.15, 0.2) is 6.10 Å². The summed E-state index contributed by atoms with van der Waals surface area (Å²) in [4.78, 5) is 22.8. The van der Waals surface area contributed by atoms with E-state index in [1.54, 1.807) is 10.9 Å². The molecule has 23 heavy (non-hydrogen) atoms. The third kappa shape index (κ3) is 3.57. The van der Waals surface area contributed by atoms with Crippen molar-refractivity contribution >= 4 is 11.9 Å². The third-order valence-corrected chi connectivity index (χ3v) is 3.71. The normalized spacial score (nSPS) is 20.3. The summed E-state index contributed by atoms with van der Waals surface area (Å²) in [5.74, 6) is -1.31. The highest BCUT2D eigenvalue weighted by Crippen LogP contribution is 2.20. The molecular formula is C16H17N3O4. The van der Waals surface area contributed by atoms with Crippen molar-refractivity contribution in [2.24, 2.45) is 0 Å². The van der Waals surface area contributed by atoms with Crippen molar-refractivity contribution in [3.05, 3.63) is 48.3 Å². The molecule has 2 aromatic rings. The summed E-state index contributed by atoms with van der Waals surface area (Å²) >= 11 is 0. The van der Waals surface area contributed by atoms with Gasteiger partial charge in [-0.1, -0.05) is 18.2 Å². The monoisotopic (exact) mass is 315 g/mol. The molecule has 0 saturated carbocycles. The van der Waals surface area contributed by atoms with Gasteiger partial charge in [-0.05, 0) is 25.0 Å². The number of carbonyl (C=O) groups excluding carboxylic acids is 1. The molecule has 2 N–H and O–H groups in total. The number of rotatable bonds is 5. The molecule has 1 saturated heterocycles. The van der Waals surface area contributed by atoms with Gasteiger partial charge in [0.2, 0.25) is 5.91 Å². The number of carboxylic acid groups (broad SMARTS) is 1. The van der Waals surface area contributed by atoms with Crippen molar-refractivity contribution in [1.82, 2.24) is 15.1 Å². The zero-order valence-electron chi connectivity index (χ0n) is 12.4. The fraction of sp³-hybridized carbons (Fsp3) is 0.312. The first-order valence-corrected chi connectivity index (χ1v) is 7.38. The van der Waals surface area contributed by atoms with E-state index in [9.17, 15) is 9.59 Å². The fourth-order valence-electron chi connectivity index (χ4n) is 2.49. The Labute approximate surface area is 132 Å². The van der Waals surface area contributed by atoms with Gasteiger partial charge < -0.3 is 15.2 Å². The van der Waals surface area contributed by atoms with Crippen molar-refractivity contribution in [3.63, 3.8) is 0 Å². The Bertz CT molecular complexity index is 698. The Balaban J connectivity index is 1.54. The van der Waals surface area contributed by atoms with E-state index in [4.69, 9.17) is 9.84 Å². The average molecular weight is 315 g/mol. The van der Waals surface area contributed by atoms with Gasteiger partial charge in [-0.15, -0.1) is 0 Å². The van der Waals surface area contributed by atoms with Crippen LogP contribution in [0.1, 0.15) is 18.4 Å². The number of nitrogens with zero attached hydrogens (tertiary/aromatic N) is 2. The lowest BCUT2D eigenvalue weighted by molar-refractivity contribution is -0.151. The van der Waals surface area contributed by atoms with Gasteiger partial charge in [-0.2, -0.15) is 5.10 Å². The number of ether oxygens (including phenoxy) is 1. The zero-order valence-corrected chi connectivity index (χ0v) is 12.4. The number of carboxylic acids is 1. The van der Waals surface area contributed by atoms with Crippen molar-refractivity contribution in [2.45, 2.75) is 31.6 Å². The fourth-order valence-corrected chi connectivity index (χ4v) is 2.49. The third-order valence-electron chi connectivity index (χ3n) is 3.71. The maximum absolute atomic E-state index is 12.0. The minimum atomic E-state index is -1.02. The van der Waals surface area contributed by atoms with Crippen LogP contribution in [0.25, 0.3) is 5.69 Å². The lowest BCUT2D eigenvalue weighted by atomic mass is 10.2. The Kier molecular flexibility index (Phi) is 4.38. The first kappa shape index (κ1) is 15.2. The number of para-hydroxylation sites is 1. The van der Waals surface area contributed by atoms with Crippen molar-refractivity contribution in [2.75, 3.05) is 0 Å². The molecule has 1 amide bonds. The highest BCUT2D eigenvalue weighted by atomic mass is 16.5. The van der Waals surface area contributed by atoms with Crippen LogP contribution in [0.5, 0.6) is 0 Å². The van der Waals surface area contributed by atoms with Gasteiger partial charge in [0.25, 0.3) is 0 Å². The molecule has 3 rings (SSSR count). The second kappa shape index (κ2) is 6.62. The van der Waals surface area contributed by atoms with Gasteiger partial charge in [-0.3, -0.25) is 4.79 Å². The van der Waals surface area contributed by atoms with Gasteiger partial charge >= 0.3 is 5.97 Å². The summed E-state index contributed by atoms with van der Waals surface area (Å²) in [6, 6.07) is 9.66. The minimum absolute atomic E-state index is 0.291. The molecule has 0 spiro atoms. The van der Waals surface area contributed by atoms with E-state index in [0.717, 1.165) is 11.3 Å². The van der Waals surface area contributed by atoms with Gasteiger partial charge in [0.1, 0.15) is 6.10 Å². The molecular weight excluding hydrogens is 298 g/mol. The number of aliphatic carboxylic acids is 1. The van der Waals surface area contributed by atoms with Crippen molar-refractivity contribution < 1.29 is 19.4 Å². The Morgan fingerprint density at radius 2 is 2.00 bits per heavy atom. The summed E-state index contributed by atoms with van der Waals surface area (Å²) in [6.07, 6.45) is 2.73. The molecule has 7 nitrogen and oxygen atoms in total. The Hall–Kier alpha value is -2.67. The van der Waals surface area contributed by atoms with E-state index < -0.39 is 18.2 Å². The summed E-state index contributed by atoms with van der Waals surface area (Å²) < 4.78 is 6.95. The van der Waals surface area contributed by atoms with E-state index in [-0.39, 0.29) is 5.91 Å². The molecule has 0 unspecified atom stereocenters. The number of aromatic nitrogens is 2. The van der Waals surface area contributed by atoms with Gasteiger partial charge in [-0.25, -0.2) is 9.48 Å². The van der Waals surface area contributed by atoms with E-state index in [0.29, 0.717) is 19.4 Å². The standard InChI is InChI=1S/C16H17N3O4/c20-15(13-6-7-14(23-13)16(21)22)17-8-11-9-18-19(10-11)12-4-2-1-3-5-12/h1-5,9-10,13-14H,6-8H2,(H,17,20)(H,21,22)/t13-,14+/m0/s1. The maximum Gasteiger partial charge on any atom is 0.332 e. The van der Waals surface area contributed by atoms with Crippen LogP contribution in [0.3, 0.4) is 0 Å². The number of amides is 1. The maximum atomic E-state index is 12.0. The quantitative estimate of drug-likeness (QED) is 0.862. The first-order valence-electron chi connectivity index (χ1n) is 7.38. The van der Waals surface area contributed by atoms with Crippen LogP contribution in [0.2, 0.25) is 0 Å². The molecule has 2 atom stereocenters. The number of hydrogen-bond donors (Lipinski definition) is 2. The molecule has 1 aliphatic heterocycles. The molecule has 7 heteroatoms. The van der Waals surface area contributed by atoms with Crippen LogP contribution in [0, 0.1) is 0 Å². The lowest BCUT2D eigenvalue weighted by Crippen LogP contribution is -2.35. The molecule has 120 valence electrons. The summed E-state index contributed by atoms with van der Waals surface area (Å²) in [6.45, 7) is 0.323. The Morgan fingerprint density at radius 1 is 1.26 bits per heavy atom. The molecule has 1 aliphatic rings. The zero-order chi connectivity index (χ0) is 16.2. The number of carbonyl (C=O) groups is 2. The lowest BCUT2D eigenvalue weighted by Gasteiger charge is -2.11. The number of nitrogens with one attached hydrogen (secondary N) is 1. The SMILES string of the molecule is O=C(NCc1cnn(-c2ccccc2)c1)[C@@H]1CC[C@H](C(=O)O)O1. The van der Waals surface area contributed by atoms with Gasteiger partial charge in [0.05, 0.1) is 11.9 Å². The van der Waals surface area contributed by atoms with E-state index in [1.807, 2.05) is 36.5 Å². The van der Waals surface area contributed by atoms with Crippen LogP contribution < -0.4 is 5.32 Å².